The molecule has 1 aliphatic heterocycles. The van der Waals surface area contributed by atoms with Crippen molar-refractivity contribution in [3.63, 3.8) is 0 Å². The molecule has 1 aliphatic rings. The summed E-state index contributed by atoms with van der Waals surface area (Å²) in [5.74, 6) is -0.00487. The summed E-state index contributed by atoms with van der Waals surface area (Å²) in [6.45, 7) is -0.0232. The van der Waals surface area contributed by atoms with E-state index in [1.165, 1.54) is 29.4 Å². The third-order valence-corrected chi connectivity index (χ3v) is 4.64. The van der Waals surface area contributed by atoms with Gasteiger partial charge in [-0.3, -0.25) is 9.88 Å². The first kappa shape index (κ1) is 21.3. The second-order valence-electron chi connectivity index (χ2n) is 6.91. The number of anilines is 1. The van der Waals surface area contributed by atoms with Gasteiger partial charge in [0.15, 0.2) is 11.5 Å². The molecule has 5 nitrogen and oxygen atoms in total. The van der Waals surface area contributed by atoms with Crippen molar-refractivity contribution in [2.75, 3.05) is 31.5 Å². The van der Waals surface area contributed by atoms with Crippen molar-refractivity contribution in [1.29, 1.82) is 0 Å². The molecular formula is C18H19F6N5. The zero-order valence-corrected chi connectivity index (χ0v) is 15.3. The first-order chi connectivity index (χ1) is 13.6. The fraction of sp³-hybridized carbons (Fsp3) is 0.500. The number of aromatic nitrogens is 3. The highest BCUT2D eigenvalue weighted by atomic mass is 19.4. The Balaban J connectivity index is 1.66. The number of piperidine rings is 1. The van der Waals surface area contributed by atoms with E-state index in [4.69, 9.17) is 0 Å². The second kappa shape index (κ2) is 8.52. The predicted molar refractivity (Wildman–Crippen MR) is 94.0 cm³/mol. The minimum atomic E-state index is -4.63. The van der Waals surface area contributed by atoms with Crippen molar-refractivity contribution in [3.8, 4) is 11.4 Å². The van der Waals surface area contributed by atoms with Gasteiger partial charge in [-0.2, -0.15) is 26.3 Å². The fourth-order valence-corrected chi connectivity index (χ4v) is 3.16. The zero-order chi connectivity index (χ0) is 21.1. The van der Waals surface area contributed by atoms with Crippen LogP contribution in [0.1, 0.15) is 18.5 Å². The molecule has 158 valence electrons. The van der Waals surface area contributed by atoms with Crippen LogP contribution in [0.15, 0.2) is 30.6 Å². The maximum absolute atomic E-state index is 13.2. The lowest BCUT2D eigenvalue weighted by molar-refractivity contribution is -0.148. The van der Waals surface area contributed by atoms with Crippen molar-refractivity contribution in [2.24, 2.45) is 5.92 Å². The summed E-state index contributed by atoms with van der Waals surface area (Å²) in [4.78, 5) is 12.9. The van der Waals surface area contributed by atoms with Crippen LogP contribution < -0.4 is 5.32 Å². The average molecular weight is 419 g/mol. The van der Waals surface area contributed by atoms with Crippen LogP contribution >= 0.6 is 0 Å². The second-order valence-corrected chi connectivity index (χ2v) is 6.91. The highest BCUT2D eigenvalue weighted by Crippen LogP contribution is 2.31. The topological polar surface area (TPSA) is 53.9 Å². The molecule has 2 aromatic rings. The maximum atomic E-state index is 13.2. The molecule has 2 aromatic heterocycles. The van der Waals surface area contributed by atoms with E-state index in [1.807, 2.05) is 0 Å². The highest BCUT2D eigenvalue weighted by molar-refractivity contribution is 5.57. The number of nitrogens with one attached hydrogen (secondary N) is 1. The van der Waals surface area contributed by atoms with Crippen molar-refractivity contribution >= 4 is 5.82 Å². The molecule has 0 bridgehead atoms. The maximum Gasteiger partial charge on any atom is 0.433 e. The van der Waals surface area contributed by atoms with Gasteiger partial charge in [0, 0.05) is 30.6 Å². The Morgan fingerprint density at radius 2 is 1.66 bits per heavy atom. The molecule has 0 radical (unpaired) electrons. The van der Waals surface area contributed by atoms with E-state index in [0.717, 1.165) is 6.07 Å². The lowest BCUT2D eigenvalue weighted by Crippen LogP contribution is -2.41. The summed E-state index contributed by atoms with van der Waals surface area (Å²) in [5.41, 5.74) is -0.670. The smallest absolute Gasteiger partial charge is 0.370 e. The van der Waals surface area contributed by atoms with Crippen LogP contribution in [-0.2, 0) is 6.18 Å². The van der Waals surface area contributed by atoms with Crippen LogP contribution in [0.5, 0.6) is 0 Å². The lowest BCUT2D eigenvalue weighted by Gasteiger charge is -2.32. The zero-order valence-electron chi connectivity index (χ0n) is 15.3. The molecule has 3 rings (SSSR count). The molecule has 0 unspecified atom stereocenters. The van der Waals surface area contributed by atoms with Crippen molar-refractivity contribution < 1.29 is 26.3 Å². The van der Waals surface area contributed by atoms with Gasteiger partial charge in [-0.15, -0.1) is 0 Å². The van der Waals surface area contributed by atoms with E-state index in [1.54, 1.807) is 0 Å². The van der Waals surface area contributed by atoms with Crippen LogP contribution in [0.3, 0.4) is 0 Å². The molecule has 0 aliphatic carbocycles. The average Bonchev–Trinajstić information content (AvgIpc) is 2.66. The van der Waals surface area contributed by atoms with Gasteiger partial charge in [0.2, 0.25) is 0 Å². The molecule has 0 atom stereocenters. The number of hydrogen-bond acceptors (Lipinski definition) is 5. The predicted octanol–water partition coefficient (Wildman–Crippen LogP) is 4.24. The molecule has 0 aromatic carbocycles. The van der Waals surface area contributed by atoms with E-state index in [2.05, 4.69) is 20.3 Å². The molecule has 11 heteroatoms. The molecule has 0 amide bonds. The number of rotatable bonds is 5. The van der Waals surface area contributed by atoms with Gasteiger partial charge >= 0.3 is 12.4 Å². The minimum Gasteiger partial charge on any atom is -0.370 e. The van der Waals surface area contributed by atoms with Crippen LogP contribution in [-0.4, -0.2) is 52.2 Å². The van der Waals surface area contributed by atoms with E-state index >= 15 is 0 Å². The quantitative estimate of drug-likeness (QED) is 0.735. The van der Waals surface area contributed by atoms with Crippen LogP contribution in [0.2, 0.25) is 0 Å². The molecule has 1 saturated heterocycles. The van der Waals surface area contributed by atoms with Gasteiger partial charge < -0.3 is 5.32 Å². The summed E-state index contributed by atoms with van der Waals surface area (Å²) in [5, 5.41) is 2.89. The van der Waals surface area contributed by atoms with E-state index in [9.17, 15) is 26.3 Å². The van der Waals surface area contributed by atoms with Crippen molar-refractivity contribution in [2.45, 2.75) is 25.2 Å². The van der Waals surface area contributed by atoms with E-state index in [0.29, 0.717) is 38.0 Å². The Hall–Kier alpha value is -2.43. The minimum absolute atomic E-state index is 0.0249. The molecule has 0 saturated carbocycles. The first-order valence-electron chi connectivity index (χ1n) is 9.00. The van der Waals surface area contributed by atoms with Gasteiger partial charge in [0.05, 0.1) is 6.54 Å². The number of hydrogen-bond donors (Lipinski definition) is 1. The van der Waals surface area contributed by atoms with Gasteiger partial charge in [-0.25, -0.2) is 9.97 Å². The fourth-order valence-electron chi connectivity index (χ4n) is 3.16. The number of alkyl halides is 6. The monoisotopic (exact) mass is 419 g/mol. The molecule has 0 spiro atoms. The van der Waals surface area contributed by atoms with Gasteiger partial charge in [0.1, 0.15) is 5.82 Å². The SMILES string of the molecule is FC(F)(F)CN1CCC(CNc2cc(C(F)(F)F)nc(-c3ccncc3)n2)CC1. The van der Waals surface area contributed by atoms with Crippen LogP contribution in [0.4, 0.5) is 32.2 Å². The van der Waals surface area contributed by atoms with Crippen LogP contribution in [0, 0.1) is 5.92 Å². The Kier molecular flexibility index (Phi) is 6.25. The standard InChI is InChI=1S/C18H19F6N5/c19-17(20,21)11-29-7-3-12(4-8-29)10-26-15-9-14(18(22,23)24)27-16(28-15)13-1-5-25-6-2-13/h1-2,5-6,9,12H,3-4,7-8,10-11H2,(H,26,27,28). The molecule has 1 fully saturated rings. The lowest BCUT2D eigenvalue weighted by atomic mass is 9.97. The highest BCUT2D eigenvalue weighted by Gasteiger charge is 2.34. The molecule has 1 N–H and O–H groups in total. The Morgan fingerprint density at radius 3 is 2.24 bits per heavy atom. The molecule has 29 heavy (non-hydrogen) atoms. The summed E-state index contributed by atoms with van der Waals surface area (Å²) in [6, 6.07) is 3.86. The Bertz CT molecular complexity index is 801. The summed E-state index contributed by atoms with van der Waals surface area (Å²) >= 11 is 0. The number of nitrogens with zero attached hydrogens (tertiary/aromatic N) is 4. The van der Waals surface area contributed by atoms with Crippen molar-refractivity contribution in [1.82, 2.24) is 19.9 Å². The van der Waals surface area contributed by atoms with Gasteiger partial charge in [-0.05, 0) is 44.0 Å². The van der Waals surface area contributed by atoms with E-state index < -0.39 is 24.6 Å². The van der Waals surface area contributed by atoms with E-state index in [-0.39, 0.29) is 17.6 Å². The molecular weight excluding hydrogens is 400 g/mol. The third-order valence-electron chi connectivity index (χ3n) is 4.64. The first-order valence-corrected chi connectivity index (χ1v) is 9.00. The summed E-state index contributed by atoms with van der Waals surface area (Å²) in [7, 11) is 0. The normalized spacial score (nSPS) is 16.8. The number of pyridine rings is 1. The van der Waals surface area contributed by atoms with Gasteiger partial charge in [-0.1, -0.05) is 0 Å². The molecule has 3 heterocycles. The summed E-state index contributed by atoms with van der Waals surface area (Å²) < 4.78 is 77.0. The Morgan fingerprint density at radius 1 is 1.00 bits per heavy atom. The third kappa shape index (κ3) is 6.28. The number of halogens is 6. The van der Waals surface area contributed by atoms with Crippen LogP contribution in [0.25, 0.3) is 11.4 Å². The number of likely N-dealkylation sites (tertiary alicyclic amines) is 1. The largest absolute Gasteiger partial charge is 0.433 e. The van der Waals surface area contributed by atoms with Gasteiger partial charge in [0.25, 0.3) is 0 Å². The Labute approximate surface area is 163 Å². The summed E-state index contributed by atoms with van der Waals surface area (Å²) in [6.07, 6.45) is -4.95. The van der Waals surface area contributed by atoms with Crippen molar-refractivity contribution in [3.05, 3.63) is 36.3 Å².